The highest BCUT2D eigenvalue weighted by molar-refractivity contribution is 5.46. The molecule has 23 heavy (non-hydrogen) atoms. The third-order valence-corrected chi connectivity index (χ3v) is 4.64. The van der Waals surface area contributed by atoms with Crippen LogP contribution >= 0.6 is 0 Å². The van der Waals surface area contributed by atoms with Crippen molar-refractivity contribution in [2.75, 3.05) is 37.6 Å². The summed E-state index contributed by atoms with van der Waals surface area (Å²) < 4.78 is 18.3. The van der Waals surface area contributed by atoms with E-state index in [2.05, 4.69) is 15.0 Å². The summed E-state index contributed by atoms with van der Waals surface area (Å²) in [7, 11) is 0. The fourth-order valence-electron chi connectivity index (χ4n) is 3.23. The summed E-state index contributed by atoms with van der Waals surface area (Å²) in [6.07, 6.45) is 2.11. The molecule has 124 valence electrons. The van der Waals surface area contributed by atoms with Crippen LogP contribution in [0.4, 0.5) is 10.1 Å². The van der Waals surface area contributed by atoms with Gasteiger partial charge >= 0.3 is 0 Å². The van der Waals surface area contributed by atoms with E-state index in [4.69, 9.17) is 4.52 Å². The van der Waals surface area contributed by atoms with E-state index in [1.165, 1.54) is 17.7 Å². The van der Waals surface area contributed by atoms with Crippen molar-refractivity contribution in [2.45, 2.75) is 26.7 Å². The molecule has 2 heterocycles. The molecule has 2 aromatic rings. The number of aromatic nitrogens is 1. The van der Waals surface area contributed by atoms with E-state index in [-0.39, 0.29) is 5.82 Å². The van der Waals surface area contributed by atoms with Crippen molar-refractivity contribution in [2.24, 2.45) is 0 Å². The van der Waals surface area contributed by atoms with Crippen LogP contribution in [0.3, 0.4) is 0 Å². The summed E-state index contributed by atoms with van der Waals surface area (Å²) in [6, 6.07) is 6.81. The lowest BCUT2D eigenvalue weighted by Gasteiger charge is -2.23. The van der Waals surface area contributed by atoms with Gasteiger partial charge in [-0.05, 0) is 57.5 Å². The highest BCUT2D eigenvalue weighted by atomic mass is 19.1. The van der Waals surface area contributed by atoms with Crippen LogP contribution in [0.25, 0.3) is 0 Å². The predicted molar refractivity (Wildman–Crippen MR) is 89.4 cm³/mol. The first-order valence-corrected chi connectivity index (χ1v) is 8.28. The summed E-state index contributed by atoms with van der Waals surface area (Å²) in [4.78, 5) is 4.84. The Bertz CT molecular complexity index is 619. The van der Waals surface area contributed by atoms with Gasteiger partial charge in [0.1, 0.15) is 11.6 Å². The molecule has 1 aromatic heterocycles. The van der Waals surface area contributed by atoms with Gasteiger partial charge < -0.3 is 14.3 Å². The van der Waals surface area contributed by atoms with Gasteiger partial charge in [0.25, 0.3) is 0 Å². The molecule has 1 fully saturated rings. The number of nitrogens with zero attached hydrogens (tertiary/aromatic N) is 3. The van der Waals surface area contributed by atoms with Gasteiger partial charge in [0.05, 0.1) is 5.69 Å². The van der Waals surface area contributed by atoms with Crippen LogP contribution in [0.1, 0.15) is 23.4 Å². The molecular weight excluding hydrogens is 293 g/mol. The SMILES string of the molecule is Cc1noc(C)c1CCN1CCCN(c2ccc(F)cc2)CC1. The highest BCUT2D eigenvalue weighted by Crippen LogP contribution is 2.18. The Kier molecular flexibility index (Phi) is 4.96. The molecule has 0 bridgehead atoms. The van der Waals surface area contributed by atoms with Gasteiger partial charge in [-0.3, -0.25) is 0 Å². The molecule has 1 aliphatic heterocycles. The van der Waals surface area contributed by atoms with Crippen LogP contribution < -0.4 is 4.90 Å². The van der Waals surface area contributed by atoms with E-state index in [9.17, 15) is 4.39 Å². The second-order valence-electron chi connectivity index (χ2n) is 6.21. The van der Waals surface area contributed by atoms with Crippen molar-refractivity contribution >= 4 is 5.69 Å². The number of hydrogen-bond donors (Lipinski definition) is 0. The first-order chi connectivity index (χ1) is 11.1. The summed E-state index contributed by atoms with van der Waals surface area (Å²) >= 11 is 0. The third-order valence-electron chi connectivity index (χ3n) is 4.64. The zero-order valence-corrected chi connectivity index (χ0v) is 13.9. The van der Waals surface area contributed by atoms with Crippen LogP contribution in [-0.2, 0) is 6.42 Å². The molecule has 0 N–H and O–H groups in total. The number of aryl methyl sites for hydroxylation is 2. The maximum atomic E-state index is 13.1. The zero-order valence-electron chi connectivity index (χ0n) is 13.9. The molecule has 4 nitrogen and oxygen atoms in total. The van der Waals surface area contributed by atoms with Crippen molar-refractivity contribution in [3.8, 4) is 0 Å². The minimum Gasteiger partial charge on any atom is -0.370 e. The van der Waals surface area contributed by atoms with Gasteiger partial charge in [-0.15, -0.1) is 0 Å². The van der Waals surface area contributed by atoms with E-state index < -0.39 is 0 Å². The quantitative estimate of drug-likeness (QED) is 0.867. The second kappa shape index (κ2) is 7.13. The summed E-state index contributed by atoms with van der Waals surface area (Å²) in [6.45, 7) is 9.14. The molecule has 0 amide bonds. The number of rotatable bonds is 4. The highest BCUT2D eigenvalue weighted by Gasteiger charge is 2.16. The number of halogens is 1. The van der Waals surface area contributed by atoms with E-state index in [1.54, 1.807) is 0 Å². The average molecular weight is 317 g/mol. The van der Waals surface area contributed by atoms with E-state index in [0.717, 1.165) is 62.7 Å². The molecule has 1 aliphatic rings. The zero-order chi connectivity index (χ0) is 16.2. The summed E-state index contributed by atoms with van der Waals surface area (Å²) in [5.74, 6) is 0.759. The minimum absolute atomic E-state index is 0.176. The van der Waals surface area contributed by atoms with Crippen LogP contribution in [0.5, 0.6) is 0 Å². The topological polar surface area (TPSA) is 32.5 Å². The Balaban J connectivity index is 1.55. The van der Waals surface area contributed by atoms with Gasteiger partial charge in [-0.2, -0.15) is 0 Å². The van der Waals surface area contributed by atoms with Crippen LogP contribution in [0, 0.1) is 19.7 Å². The lowest BCUT2D eigenvalue weighted by molar-refractivity contribution is 0.296. The Morgan fingerprint density at radius 2 is 1.87 bits per heavy atom. The molecule has 0 aliphatic carbocycles. The van der Waals surface area contributed by atoms with Crippen molar-refractivity contribution in [3.63, 3.8) is 0 Å². The standard InChI is InChI=1S/C18H24FN3O/c1-14-18(15(2)23-20-14)8-11-21-9-3-10-22(13-12-21)17-6-4-16(19)5-7-17/h4-7H,3,8-13H2,1-2H3. The smallest absolute Gasteiger partial charge is 0.137 e. The monoisotopic (exact) mass is 317 g/mol. The Labute approximate surface area is 136 Å². The van der Waals surface area contributed by atoms with Gasteiger partial charge in [-0.25, -0.2) is 4.39 Å². The van der Waals surface area contributed by atoms with Gasteiger partial charge in [0.15, 0.2) is 0 Å². The number of anilines is 1. The predicted octanol–water partition coefficient (Wildman–Crippen LogP) is 3.19. The first-order valence-electron chi connectivity index (χ1n) is 8.28. The Morgan fingerprint density at radius 1 is 1.09 bits per heavy atom. The van der Waals surface area contributed by atoms with Gasteiger partial charge in [0.2, 0.25) is 0 Å². The number of hydrogen-bond acceptors (Lipinski definition) is 4. The lowest BCUT2D eigenvalue weighted by Crippen LogP contribution is -2.32. The van der Waals surface area contributed by atoms with Crippen LogP contribution in [0.2, 0.25) is 0 Å². The normalized spacial score (nSPS) is 16.6. The largest absolute Gasteiger partial charge is 0.370 e. The maximum absolute atomic E-state index is 13.1. The van der Waals surface area contributed by atoms with Crippen molar-refractivity contribution < 1.29 is 8.91 Å². The third kappa shape index (κ3) is 3.91. The average Bonchev–Trinajstić information content (AvgIpc) is 2.75. The van der Waals surface area contributed by atoms with E-state index in [1.807, 2.05) is 26.0 Å². The Hall–Kier alpha value is -1.88. The van der Waals surface area contributed by atoms with E-state index >= 15 is 0 Å². The van der Waals surface area contributed by atoms with Crippen molar-refractivity contribution in [1.82, 2.24) is 10.1 Å². The van der Waals surface area contributed by atoms with E-state index in [0.29, 0.717) is 0 Å². The molecule has 0 spiro atoms. The fourth-order valence-corrected chi connectivity index (χ4v) is 3.23. The molecular formula is C18H24FN3O. The lowest BCUT2D eigenvalue weighted by atomic mass is 10.1. The molecule has 3 rings (SSSR count). The molecule has 0 saturated carbocycles. The molecule has 0 radical (unpaired) electrons. The minimum atomic E-state index is -0.176. The summed E-state index contributed by atoms with van der Waals surface area (Å²) in [5.41, 5.74) is 3.36. The molecule has 0 atom stereocenters. The molecule has 0 unspecified atom stereocenters. The fraction of sp³-hybridized carbons (Fsp3) is 0.500. The van der Waals surface area contributed by atoms with Crippen LogP contribution in [-0.4, -0.2) is 42.8 Å². The molecule has 1 aromatic carbocycles. The van der Waals surface area contributed by atoms with Crippen molar-refractivity contribution in [1.29, 1.82) is 0 Å². The second-order valence-corrected chi connectivity index (χ2v) is 6.21. The summed E-state index contributed by atoms with van der Waals surface area (Å²) in [5, 5.41) is 4.02. The molecule has 5 heteroatoms. The van der Waals surface area contributed by atoms with Crippen LogP contribution in [0.15, 0.2) is 28.8 Å². The van der Waals surface area contributed by atoms with Gasteiger partial charge in [0, 0.05) is 37.4 Å². The molecule has 1 saturated heterocycles. The maximum Gasteiger partial charge on any atom is 0.137 e. The number of benzene rings is 1. The van der Waals surface area contributed by atoms with Gasteiger partial charge in [-0.1, -0.05) is 5.16 Å². The van der Waals surface area contributed by atoms with Crippen molar-refractivity contribution in [3.05, 3.63) is 47.1 Å². The Morgan fingerprint density at radius 3 is 2.57 bits per heavy atom. The first kappa shape index (κ1) is 16.0.